The van der Waals surface area contributed by atoms with E-state index in [1.165, 1.54) is 0 Å². The number of anilines is 1. The van der Waals surface area contributed by atoms with E-state index in [2.05, 4.69) is 21.7 Å². The zero-order valence-electron chi connectivity index (χ0n) is 11.8. The molecule has 0 aliphatic carbocycles. The van der Waals surface area contributed by atoms with Gasteiger partial charge in [-0.1, -0.05) is 12.1 Å². The van der Waals surface area contributed by atoms with Gasteiger partial charge in [0.25, 0.3) is 5.91 Å². The number of hydrogen-bond acceptors (Lipinski definition) is 4. The van der Waals surface area contributed by atoms with Crippen LogP contribution in [-0.4, -0.2) is 17.4 Å². The van der Waals surface area contributed by atoms with E-state index < -0.39 is 0 Å². The molecule has 1 aromatic carbocycles. The third kappa shape index (κ3) is 3.80. The second kappa shape index (κ2) is 7.06. The summed E-state index contributed by atoms with van der Waals surface area (Å²) in [6.07, 6.45) is 1.64. The lowest BCUT2D eigenvalue weighted by atomic mass is 10.1. The summed E-state index contributed by atoms with van der Waals surface area (Å²) in [4.78, 5) is 16.4. The quantitative estimate of drug-likeness (QED) is 0.881. The van der Waals surface area contributed by atoms with Crippen molar-refractivity contribution in [2.45, 2.75) is 13.5 Å². The smallest absolute Gasteiger partial charge is 0.255 e. The molecule has 5 nitrogen and oxygen atoms in total. The van der Waals surface area contributed by atoms with Gasteiger partial charge in [0.1, 0.15) is 5.82 Å². The van der Waals surface area contributed by atoms with E-state index in [9.17, 15) is 4.79 Å². The average molecular weight is 280 g/mol. The van der Waals surface area contributed by atoms with Crippen LogP contribution in [0.15, 0.2) is 42.6 Å². The van der Waals surface area contributed by atoms with Gasteiger partial charge in [-0.2, -0.15) is 5.26 Å². The molecule has 2 rings (SSSR count). The van der Waals surface area contributed by atoms with Crippen molar-refractivity contribution in [2.75, 3.05) is 11.9 Å². The number of carbonyl (C=O) groups is 1. The molecule has 0 bridgehead atoms. The van der Waals surface area contributed by atoms with E-state index in [4.69, 9.17) is 5.26 Å². The van der Waals surface area contributed by atoms with Gasteiger partial charge in [0, 0.05) is 19.3 Å². The fourth-order valence-corrected chi connectivity index (χ4v) is 1.93. The van der Waals surface area contributed by atoms with Gasteiger partial charge in [0.05, 0.1) is 17.2 Å². The molecule has 0 aliphatic rings. The number of amides is 1. The lowest BCUT2D eigenvalue weighted by molar-refractivity contribution is 0.0951. The summed E-state index contributed by atoms with van der Waals surface area (Å²) in [5.74, 6) is 0.379. The molecular weight excluding hydrogens is 264 g/mol. The molecule has 0 spiro atoms. The molecule has 0 radical (unpaired) electrons. The van der Waals surface area contributed by atoms with Crippen molar-refractivity contribution in [3.05, 3.63) is 59.3 Å². The molecule has 0 saturated carbocycles. The minimum absolute atomic E-state index is 0.193. The van der Waals surface area contributed by atoms with E-state index in [1.807, 2.05) is 13.0 Å². The van der Waals surface area contributed by atoms with Crippen molar-refractivity contribution in [1.29, 1.82) is 5.26 Å². The highest BCUT2D eigenvalue weighted by atomic mass is 16.1. The van der Waals surface area contributed by atoms with Crippen LogP contribution in [0.25, 0.3) is 0 Å². The van der Waals surface area contributed by atoms with Gasteiger partial charge in [-0.15, -0.1) is 0 Å². The molecule has 1 heterocycles. The van der Waals surface area contributed by atoms with Gasteiger partial charge in [0.2, 0.25) is 0 Å². The largest absolute Gasteiger partial charge is 0.370 e. The third-order valence-corrected chi connectivity index (χ3v) is 2.91. The third-order valence-electron chi connectivity index (χ3n) is 2.91. The number of benzene rings is 1. The van der Waals surface area contributed by atoms with Crippen LogP contribution in [0.4, 0.5) is 5.82 Å². The normalized spacial score (nSPS) is 9.71. The lowest BCUT2D eigenvalue weighted by Gasteiger charge is -2.10. The Bertz CT molecular complexity index is 676. The van der Waals surface area contributed by atoms with Crippen molar-refractivity contribution >= 4 is 11.7 Å². The first-order valence-electron chi connectivity index (χ1n) is 6.70. The fourth-order valence-electron chi connectivity index (χ4n) is 1.93. The second-order valence-corrected chi connectivity index (χ2v) is 4.42. The SMILES string of the molecule is CCNc1ncccc1C(=O)NCc1cccc(C#N)c1. The van der Waals surface area contributed by atoms with Gasteiger partial charge < -0.3 is 10.6 Å². The summed E-state index contributed by atoms with van der Waals surface area (Å²) in [5, 5.41) is 14.8. The highest BCUT2D eigenvalue weighted by molar-refractivity contribution is 5.98. The van der Waals surface area contributed by atoms with Crippen LogP contribution >= 0.6 is 0 Å². The first-order valence-corrected chi connectivity index (χ1v) is 6.70. The Hall–Kier alpha value is -2.87. The highest BCUT2D eigenvalue weighted by Gasteiger charge is 2.11. The van der Waals surface area contributed by atoms with E-state index in [0.717, 1.165) is 5.56 Å². The minimum Gasteiger partial charge on any atom is -0.370 e. The monoisotopic (exact) mass is 280 g/mol. The Morgan fingerprint density at radius 3 is 2.95 bits per heavy atom. The summed E-state index contributed by atoms with van der Waals surface area (Å²) >= 11 is 0. The van der Waals surface area contributed by atoms with Crippen molar-refractivity contribution in [1.82, 2.24) is 10.3 Å². The molecule has 106 valence electrons. The maximum absolute atomic E-state index is 12.2. The molecule has 5 heteroatoms. The zero-order valence-corrected chi connectivity index (χ0v) is 11.8. The number of pyridine rings is 1. The number of aromatic nitrogens is 1. The molecule has 0 fully saturated rings. The maximum Gasteiger partial charge on any atom is 0.255 e. The molecule has 0 aliphatic heterocycles. The van der Waals surface area contributed by atoms with E-state index in [-0.39, 0.29) is 5.91 Å². The highest BCUT2D eigenvalue weighted by Crippen LogP contribution is 2.11. The Labute approximate surface area is 123 Å². The zero-order chi connectivity index (χ0) is 15.1. The van der Waals surface area contributed by atoms with Crippen LogP contribution < -0.4 is 10.6 Å². The van der Waals surface area contributed by atoms with Crippen LogP contribution in [-0.2, 0) is 6.54 Å². The number of carbonyl (C=O) groups excluding carboxylic acids is 1. The van der Waals surface area contributed by atoms with Crippen LogP contribution in [0, 0.1) is 11.3 Å². The number of nitrogens with one attached hydrogen (secondary N) is 2. The van der Waals surface area contributed by atoms with Crippen molar-refractivity contribution in [3.63, 3.8) is 0 Å². The molecule has 1 amide bonds. The first kappa shape index (κ1) is 14.5. The van der Waals surface area contributed by atoms with Crippen molar-refractivity contribution in [2.24, 2.45) is 0 Å². The Morgan fingerprint density at radius 2 is 2.19 bits per heavy atom. The summed E-state index contributed by atoms with van der Waals surface area (Å²) in [6, 6.07) is 12.7. The molecular formula is C16H16N4O. The number of rotatable bonds is 5. The van der Waals surface area contributed by atoms with Gasteiger partial charge in [-0.05, 0) is 36.8 Å². The van der Waals surface area contributed by atoms with Gasteiger partial charge in [-0.3, -0.25) is 4.79 Å². The van der Waals surface area contributed by atoms with Crippen LogP contribution in [0.2, 0.25) is 0 Å². The summed E-state index contributed by atoms with van der Waals surface area (Å²) in [5.41, 5.74) is 1.98. The van der Waals surface area contributed by atoms with E-state index in [1.54, 1.807) is 36.5 Å². The summed E-state index contributed by atoms with van der Waals surface area (Å²) in [7, 11) is 0. The van der Waals surface area contributed by atoms with Gasteiger partial charge in [-0.25, -0.2) is 4.98 Å². The standard InChI is InChI=1S/C16H16N4O/c1-2-18-15-14(7-4-8-19-15)16(21)20-11-13-6-3-5-12(9-13)10-17/h3-9H,2,11H2,1H3,(H,18,19)(H,20,21). The van der Waals surface area contributed by atoms with E-state index in [0.29, 0.717) is 30.0 Å². The summed E-state index contributed by atoms with van der Waals surface area (Å²) in [6.45, 7) is 3.01. The van der Waals surface area contributed by atoms with Crippen LogP contribution in [0.1, 0.15) is 28.4 Å². The maximum atomic E-state index is 12.2. The Balaban J connectivity index is 2.06. The summed E-state index contributed by atoms with van der Waals surface area (Å²) < 4.78 is 0. The molecule has 2 N–H and O–H groups in total. The molecule has 0 unspecified atom stereocenters. The van der Waals surface area contributed by atoms with Crippen LogP contribution in [0.5, 0.6) is 0 Å². The first-order chi connectivity index (χ1) is 10.2. The van der Waals surface area contributed by atoms with E-state index >= 15 is 0 Å². The fraction of sp³-hybridized carbons (Fsp3) is 0.188. The van der Waals surface area contributed by atoms with Crippen molar-refractivity contribution in [3.8, 4) is 6.07 Å². The molecule has 1 aromatic heterocycles. The Kier molecular flexibility index (Phi) is 4.89. The second-order valence-electron chi connectivity index (χ2n) is 4.42. The van der Waals surface area contributed by atoms with Crippen molar-refractivity contribution < 1.29 is 4.79 Å². The molecule has 0 saturated heterocycles. The molecule has 2 aromatic rings. The topological polar surface area (TPSA) is 77.8 Å². The number of nitrogens with zero attached hydrogens (tertiary/aromatic N) is 2. The van der Waals surface area contributed by atoms with Gasteiger partial charge in [0.15, 0.2) is 0 Å². The minimum atomic E-state index is -0.193. The number of nitriles is 1. The average Bonchev–Trinajstić information content (AvgIpc) is 2.53. The predicted molar refractivity (Wildman–Crippen MR) is 80.7 cm³/mol. The lowest BCUT2D eigenvalue weighted by Crippen LogP contribution is -2.24. The van der Waals surface area contributed by atoms with Gasteiger partial charge >= 0.3 is 0 Å². The Morgan fingerprint density at radius 1 is 1.33 bits per heavy atom. The number of hydrogen-bond donors (Lipinski definition) is 2. The predicted octanol–water partition coefficient (Wildman–Crippen LogP) is 2.32. The molecule has 21 heavy (non-hydrogen) atoms. The van der Waals surface area contributed by atoms with Crippen LogP contribution in [0.3, 0.4) is 0 Å². The molecule has 0 atom stereocenters.